The Morgan fingerprint density at radius 3 is 2.68 bits per heavy atom. The Morgan fingerprint density at radius 1 is 1.29 bits per heavy atom. The van der Waals surface area contributed by atoms with Crippen molar-refractivity contribution in [1.29, 1.82) is 0 Å². The Morgan fingerprint density at radius 2 is 2.06 bits per heavy atom. The van der Waals surface area contributed by atoms with Gasteiger partial charge in [-0.05, 0) is 12.8 Å². The first kappa shape index (κ1) is 22.8. The highest BCUT2D eigenvalue weighted by atomic mass is 32.1. The van der Waals surface area contributed by atoms with E-state index in [1.165, 1.54) is 23.7 Å². The number of aromatic nitrogens is 4. The zero-order valence-electron chi connectivity index (χ0n) is 16.0. The average Bonchev–Trinajstić information content (AvgIpc) is 3.29. The number of aliphatic carboxylic acids is 1. The summed E-state index contributed by atoms with van der Waals surface area (Å²) in [5.74, 6) is -2.60. The smallest absolute Gasteiger partial charge is 0.475 e. The van der Waals surface area contributed by atoms with Crippen LogP contribution in [0.5, 0.6) is 0 Å². The van der Waals surface area contributed by atoms with E-state index in [0.29, 0.717) is 18.2 Å². The van der Waals surface area contributed by atoms with Crippen molar-refractivity contribution in [2.24, 2.45) is 5.92 Å². The number of carbonyl (C=O) groups excluding carboxylic acids is 1. The fourth-order valence-electron chi connectivity index (χ4n) is 3.45. The van der Waals surface area contributed by atoms with Crippen molar-refractivity contribution < 1.29 is 32.6 Å². The second-order valence-corrected chi connectivity index (χ2v) is 7.65. The topological polar surface area (TPSA) is 130 Å². The van der Waals surface area contributed by atoms with Crippen LogP contribution in [0.25, 0.3) is 0 Å². The molecular formula is C17H19F3N6O4S. The van der Waals surface area contributed by atoms with Crippen LogP contribution in [0.2, 0.25) is 0 Å². The van der Waals surface area contributed by atoms with Gasteiger partial charge in [-0.15, -0.1) is 10.2 Å². The molecule has 10 nitrogen and oxygen atoms in total. The van der Waals surface area contributed by atoms with Gasteiger partial charge in [-0.3, -0.25) is 9.78 Å². The van der Waals surface area contributed by atoms with Crippen molar-refractivity contribution in [3.63, 3.8) is 0 Å². The van der Waals surface area contributed by atoms with Gasteiger partial charge >= 0.3 is 12.1 Å². The molecule has 0 unspecified atom stereocenters. The Hall–Kier alpha value is -2.87. The Bertz CT molecular complexity index is 871. The summed E-state index contributed by atoms with van der Waals surface area (Å²) in [6, 6.07) is -0.109. The van der Waals surface area contributed by atoms with Crippen molar-refractivity contribution in [3.05, 3.63) is 29.8 Å². The highest BCUT2D eigenvalue weighted by Gasteiger charge is 2.41. The van der Waals surface area contributed by atoms with Gasteiger partial charge in [0.1, 0.15) is 11.2 Å². The summed E-state index contributed by atoms with van der Waals surface area (Å²) < 4.78 is 37.7. The molecule has 0 spiro atoms. The molecule has 3 atom stereocenters. The summed E-state index contributed by atoms with van der Waals surface area (Å²) in [4.78, 5) is 31.6. The van der Waals surface area contributed by atoms with Crippen molar-refractivity contribution in [3.8, 4) is 0 Å². The number of hydrogen-bond acceptors (Lipinski definition) is 9. The third kappa shape index (κ3) is 6.07. The molecular weight excluding hydrogens is 441 g/mol. The van der Waals surface area contributed by atoms with Crippen molar-refractivity contribution in [2.45, 2.75) is 31.2 Å². The fraction of sp³-hybridized carbons (Fsp3) is 0.529. The highest BCUT2D eigenvalue weighted by molar-refractivity contribution is 7.13. The molecule has 2 N–H and O–H groups in total. The number of carbonyl (C=O) groups is 2. The molecule has 2 fully saturated rings. The lowest BCUT2D eigenvalue weighted by atomic mass is 9.85. The van der Waals surface area contributed by atoms with E-state index < -0.39 is 12.1 Å². The zero-order chi connectivity index (χ0) is 22.4. The minimum Gasteiger partial charge on any atom is -0.475 e. The number of alkyl halides is 3. The molecule has 31 heavy (non-hydrogen) atoms. The largest absolute Gasteiger partial charge is 0.490 e. The lowest BCUT2D eigenvalue weighted by molar-refractivity contribution is -0.192. The first-order chi connectivity index (χ1) is 14.8. The third-order valence-electron chi connectivity index (χ3n) is 4.74. The molecule has 2 aliphatic heterocycles. The number of piperidine rings is 1. The first-order valence-corrected chi connectivity index (χ1v) is 10.1. The molecule has 2 saturated heterocycles. The van der Waals surface area contributed by atoms with Gasteiger partial charge in [0, 0.05) is 38.0 Å². The summed E-state index contributed by atoms with van der Waals surface area (Å²) in [5.41, 5.74) is 2.05. The number of amides is 1. The van der Waals surface area contributed by atoms with Gasteiger partial charge < -0.3 is 20.1 Å². The summed E-state index contributed by atoms with van der Waals surface area (Å²) in [7, 11) is 0. The summed E-state index contributed by atoms with van der Waals surface area (Å²) in [6.07, 6.45) is 1.63. The van der Waals surface area contributed by atoms with Crippen LogP contribution in [-0.2, 0) is 9.53 Å². The standard InChI is InChI=1S/C15H18N6O2S.C2HF3O2/c22-14(11-6-16-3-4-17-11)19-12-8-21(15-20-18-9-24-15)7-10-2-1-5-23-13(10)12;3-2(4,5)1(6)7/h3-4,6,9-10,12-13H,1-2,5,7-8H2,(H,19,22);(H,6,7)/t10-,12+,13-;/m0./s1. The molecule has 2 aliphatic rings. The van der Waals surface area contributed by atoms with Crippen molar-refractivity contribution in [2.75, 3.05) is 24.6 Å². The number of nitrogens with zero attached hydrogens (tertiary/aromatic N) is 5. The second-order valence-electron chi connectivity index (χ2n) is 6.84. The monoisotopic (exact) mass is 460 g/mol. The molecule has 0 radical (unpaired) electrons. The fourth-order valence-corrected chi connectivity index (χ4v) is 4.03. The van der Waals surface area contributed by atoms with E-state index in [1.54, 1.807) is 11.7 Å². The predicted molar refractivity (Wildman–Crippen MR) is 102 cm³/mol. The van der Waals surface area contributed by atoms with Crippen LogP contribution >= 0.6 is 11.3 Å². The molecule has 0 bridgehead atoms. The van der Waals surface area contributed by atoms with Crippen LogP contribution < -0.4 is 10.2 Å². The van der Waals surface area contributed by atoms with E-state index in [2.05, 4.69) is 30.4 Å². The summed E-state index contributed by atoms with van der Waals surface area (Å²) in [6.45, 7) is 2.29. The van der Waals surface area contributed by atoms with E-state index in [0.717, 1.165) is 31.1 Å². The molecule has 0 aromatic carbocycles. The molecule has 2 aromatic rings. The number of anilines is 1. The molecule has 168 valence electrons. The van der Waals surface area contributed by atoms with Crippen LogP contribution in [-0.4, -0.2) is 75.2 Å². The molecule has 14 heteroatoms. The van der Waals surface area contributed by atoms with Crippen LogP contribution in [0.3, 0.4) is 0 Å². The van der Waals surface area contributed by atoms with Gasteiger partial charge in [0.15, 0.2) is 0 Å². The van der Waals surface area contributed by atoms with E-state index in [4.69, 9.17) is 14.6 Å². The van der Waals surface area contributed by atoms with Crippen LogP contribution in [0.4, 0.5) is 18.3 Å². The average molecular weight is 460 g/mol. The Labute approximate surface area is 178 Å². The van der Waals surface area contributed by atoms with Crippen molar-refractivity contribution in [1.82, 2.24) is 25.5 Å². The van der Waals surface area contributed by atoms with E-state index in [1.807, 2.05) is 0 Å². The summed E-state index contributed by atoms with van der Waals surface area (Å²) in [5, 5.41) is 19.2. The van der Waals surface area contributed by atoms with Crippen LogP contribution in [0, 0.1) is 5.92 Å². The number of nitrogens with one attached hydrogen (secondary N) is 1. The quantitative estimate of drug-likeness (QED) is 0.697. The molecule has 1 amide bonds. The second kappa shape index (κ2) is 9.96. The molecule has 2 aromatic heterocycles. The minimum absolute atomic E-state index is 0.0311. The molecule has 4 heterocycles. The molecule has 0 aliphatic carbocycles. The number of carboxylic acids is 1. The van der Waals surface area contributed by atoms with Gasteiger partial charge in [-0.1, -0.05) is 11.3 Å². The van der Waals surface area contributed by atoms with Gasteiger partial charge in [-0.25, -0.2) is 9.78 Å². The van der Waals surface area contributed by atoms with Gasteiger partial charge in [0.2, 0.25) is 5.13 Å². The number of rotatable bonds is 3. The Kier molecular flexibility index (Phi) is 7.33. The summed E-state index contributed by atoms with van der Waals surface area (Å²) >= 11 is 1.51. The molecule has 4 rings (SSSR count). The van der Waals surface area contributed by atoms with Gasteiger partial charge in [0.05, 0.1) is 18.3 Å². The Balaban J connectivity index is 0.000000339. The SMILES string of the molecule is O=C(N[C@@H]1CN(c2nncs2)C[C@@H]2CCCO[C@@H]21)c1cnccn1.O=C(O)C(F)(F)F. The number of fused-ring (bicyclic) bond motifs is 1. The number of carboxylic acid groups (broad SMARTS) is 1. The molecule has 0 saturated carbocycles. The van der Waals surface area contributed by atoms with Crippen molar-refractivity contribution >= 4 is 28.3 Å². The van der Waals surface area contributed by atoms with E-state index >= 15 is 0 Å². The maximum Gasteiger partial charge on any atom is 0.490 e. The highest BCUT2D eigenvalue weighted by Crippen LogP contribution is 2.31. The van der Waals surface area contributed by atoms with Crippen LogP contribution in [0.15, 0.2) is 24.1 Å². The van der Waals surface area contributed by atoms with Crippen LogP contribution in [0.1, 0.15) is 23.3 Å². The zero-order valence-corrected chi connectivity index (χ0v) is 16.8. The minimum atomic E-state index is -5.08. The predicted octanol–water partition coefficient (Wildman–Crippen LogP) is 1.38. The maximum absolute atomic E-state index is 12.5. The number of halogens is 3. The number of hydrogen-bond donors (Lipinski definition) is 2. The number of ether oxygens (including phenoxy) is 1. The lowest BCUT2D eigenvalue weighted by Crippen LogP contribution is -2.61. The first-order valence-electron chi connectivity index (χ1n) is 9.25. The third-order valence-corrected chi connectivity index (χ3v) is 5.49. The van der Waals surface area contributed by atoms with E-state index in [-0.39, 0.29) is 18.1 Å². The maximum atomic E-state index is 12.5. The van der Waals surface area contributed by atoms with E-state index in [9.17, 15) is 18.0 Å². The van der Waals surface area contributed by atoms with Gasteiger partial charge in [0.25, 0.3) is 5.91 Å². The van der Waals surface area contributed by atoms with Gasteiger partial charge in [-0.2, -0.15) is 13.2 Å². The lowest BCUT2D eigenvalue weighted by Gasteiger charge is -2.45. The normalized spacial score (nSPS) is 23.2.